The first kappa shape index (κ1) is 30.1. The molecule has 1 saturated carbocycles. The molecule has 3 rings (SSSR count). The first-order valence-electron chi connectivity index (χ1n) is 11.8. The molecule has 1 aliphatic rings. The van der Waals surface area contributed by atoms with E-state index in [1.807, 2.05) is 31.0 Å². The van der Waals surface area contributed by atoms with Crippen molar-refractivity contribution in [3.63, 3.8) is 0 Å². The summed E-state index contributed by atoms with van der Waals surface area (Å²) in [5.74, 6) is 1.35. The molecule has 37 heavy (non-hydrogen) atoms. The van der Waals surface area contributed by atoms with Crippen molar-refractivity contribution in [1.82, 2.24) is 19.9 Å². The number of nitrogens with zero attached hydrogens (tertiary/aromatic N) is 7. The van der Waals surface area contributed by atoms with Gasteiger partial charge in [-0.2, -0.15) is 30.5 Å². The van der Waals surface area contributed by atoms with Crippen LogP contribution in [0.4, 0.5) is 11.6 Å². The predicted molar refractivity (Wildman–Crippen MR) is 147 cm³/mol. The normalized spacial score (nSPS) is 15.4. The fourth-order valence-corrected chi connectivity index (χ4v) is 4.36. The summed E-state index contributed by atoms with van der Waals surface area (Å²) in [6.45, 7) is 2.75. The Bertz CT molecular complexity index is 1150. The summed E-state index contributed by atoms with van der Waals surface area (Å²) in [6.07, 6.45) is 18.3. The molecular formula is C25H32N8O2S2. The summed E-state index contributed by atoms with van der Waals surface area (Å²) in [5, 5.41) is 21.2. The molecule has 0 spiro atoms. The Hall–Kier alpha value is -3.16. The molecule has 10 nitrogen and oxygen atoms in total. The number of hydrogen-bond donors (Lipinski definition) is 1. The second-order valence-corrected chi connectivity index (χ2v) is 10.8. The van der Waals surface area contributed by atoms with Gasteiger partial charge >= 0.3 is 10.3 Å². The molecule has 196 valence electrons. The SMILES string of the molecule is CCN(C)c1nc([S+](C)[O-])ncc1C=CC#N.C[S+]([O-])c1ncc(C=CC#N)c(NC2CCCCC2)n1. The highest BCUT2D eigenvalue weighted by Gasteiger charge is 2.18. The lowest BCUT2D eigenvalue weighted by Gasteiger charge is -2.24. The largest absolute Gasteiger partial charge is 0.609 e. The molecule has 2 heterocycles. The third kappa shape index (κ3) is 9.67. The van der Waals surface area contributed by atoms with Crippen molar-refractivity contribution < 1.29 is 9.11 Å². The molecule has 0 bridgehead atoms. The summed E-state index contributed by atoms with van der Waals surface area (Å²) in [4.78, 5) is 18.6. The molecule has 2 atom stereocenters. The van der Waals surface area contributed by atoms with Crippen LogP contribution in [0.1, 0.15) is 50.2 Å². The number of nitriles is 2. The highest BCUT2D eigenvalue weighted by Crippen LogP contribution is 2.24. The first-order valence-corrected chi connectivity index (χ1v) is 14.9. The van der Waals surface area contributed by atoms with Gasteiger partial charge in [0.25, 0.3) is 0 Å². The van der Waals surface area contributed by atoms with Crippen molar-refractivity contribution in [2.75, 3.05) is 36.3 Å². The van der Waals surface area contributed by atoms with E-state index in [1.165, 1.54) is 37.7 Å². The third-order valence-corrected chi connectivity index (χ3v) is 6.96. The topological polar surface area (TPSA) is 161 Å². The van der Waals surface area contributed by atoms with Crippen molar-refractivity contribution in [1.29, 1.82) is 10.5 Å². The van der Waals surface area contributed by atoms with E-state index in [1.54, 1.807) is 30.8 Å². The van der Waals surface area contributed by atoms with Crippen LogP contribution in [0.15, 0.2) is 34.9 Å². The fraction of sp³-hybridized carbons (Fsp3) is 0.440. The van der Waals surface area contributed by atoms with Crippen molar-refractivity contribution in [3.8, 4) is 12.1 Å². The fourth-order valence-electron chi connectivity index (χ4n) is 3.52. The number of anilines is 2. The number of allylic oxidation sites excluding steroid dienone is 2. The van der Waals surface area contributed by atoms with Gasteiger partial charge in [-0.1, -0.05) is 19.3 Å². The minimum atomic E-state index is -1.21. The summed E-state index contributed by atoms with van der Waals surface area (Å²) >= 11 is -2.42. The Morgan fingerprint density at radius 3 is 2.05 bits per heavy atom. The zero-order valence-corrected chi connectivity index (χ0v) is 23.2. The van der Waals surface area contributed by atoms with E-state index in [2.05, 4.69) is 25.3 Å². The van der Waals surface area contributed by atoms with Gasteiger partial charge < -0.3 is 19.3 Å². The number of aromatic nitrogens is 4. The van der Waals surface area contributed by atoms with Crippen LogP contribution in [-0.4, -0.2) is 61.2 Å². The van der Waals surface area contributed by atoms with Crippen molar-refractivity contribution >= 4 is 46.1 Å². The summed E-state index contributed by atoms with van der Waals surface area (Å²) in [7, 11) is 1.88. The van der Waals surface area contributed by atoms with Crippen LogP contribution in [0, 0.1) is 22.7 Å². The Morgan fingerprint density at radius 2 is 1.51 bits per heavy atom. The van der Waals surface area contributed by atoms with Crippen LogP contribution in [0.25, 0.3) is 12.2 Å². The van der Waals surface area contributed by atoms with Gasteiger partial charge in [0.1, 0.15) is 24.1 Å². The van der Waals surface area contributed by atoms with Gasteiger partial charge in [-0.05, 0) is 31.9 Å². The maximum absolute atomic E-state index is 11.5. The molecule has 0 saturated heterocycles. The minimum absolute atomic E-state index is 0.300. The van der Waals surface area contributed by atoms with Crippen LogP contribution in [-0.2, 0) is 22.4 Å². The van der Waals surface area contributed by atoms with E-state index in [0.717, 1.165) is 30.5 Å². The lowest BCUT2D eigenvalue weighted by atomic mass is 9.95. The molecule has 0 aromatic carbocycles. The van der Waals surface area contributed by atoms with E-state index in [4.69, 9.17) is 10.5 Å². The maximum atomic E-state index is 11.5. The van der Waals surface area contributed by atoms with Crippen LogP contribution < -0.4 is 10.2 Å². The molecular weight excluding hydrogens is 508 g/mol. The molecule has 1 aliphatic carbocycles. The quantitative estimate of drug-likeness (QED) is 0.297. The average molecular weight is 541 g/mol. The third-order valence-electron chi connectivity index (χ3n) is 5.54. The molecule has 2 aromatic heterocycles. The number of hydrogen-bond acceptors (Lipinski definition) is 10. The maximum Gasteiger partial charge on any atom is 0.344 e. The van der Waals surface area contributed by atoms with Gasteiger partial charge in [-0.25, -0.2) is 0 Å². The summed E-state index contributed by atoms with van der Waals surface area (Å²) < 4.78 is 22.8. The van der Waals surface area contributed by atoms with Gasteiger partial charge in [0, 0.05) is 77.7 Å². The monoisotopic (exact) mass is 540 g/mol. The Labute approximate surface area is 224 Å². The molecule has 2 unspecified atom stereocenters. The Morgan fingerprint density at radius 1 is 0.973 bits per heavy atom. The minimum Gasteiger partial charge on any atom is -0.609 e. The molecule has 1 N–H and O–H groups in total. The van der Waals surface area contributed by atoms with Crippen molar-refractivity contribution in [2.24, 2.45) is 0 Å². The molecule has 0 aliphatic heterocycles. The standard InChI is InChI=1S/C14H18N4OS.C11H14N4OS/c1-20(19)14-16-10-11(6-5-9-15)13(18-14)17-12-7-3-2-4-8-12;1-4-15(2)10-9(6-5-7-12)8-13-11(14-10)17(3)16/h5-6,10,12H,2-4,7-8H2,1H3,(H,16,17,18);5-6,8H,4H2,1-3H3. The van der Waals surface area contributed by atoms with Gasteiger partial charge in [-0.3, -0.25) is 0 Å². The van der Waals surface area contributed by atoms with E-state index in [-0.39, 0.29) is 0 Å². The van der Waals surface area contributed by atoms with E-state index in [0.29, 0.717) is 28.0 Å². The number of rotatable bonds is 8. The molecule has 12 heteroatoms. The molecule has 1 fully saturated rings. The second kappa shape index (κ2) is 15.8. The van der Waals surface area contributed by atoms with E-state index in [9.17, 15) is 9.11 Å². The predicted octanol–water partition coefficient (Wildman–Crippen LogP) is 3.70. The molecule has 2 aromatic rings. The van der Waals surface area contributed by atoms with Gasteiger partial charge in [-0.15, -0.1) is 0 Å². The zero-order chi connectivity index (χ0) is 27.2. The molecule has 0 radical (unpaired) electrons. The molecule has 0 amide bonds. The van der Waals surface area contributed by atoms with E-state index < -0.39 is 22.4 Å². The summed E-state index contributed by atoms with van der Waals surface area (Å²) in [6, 6.07) is 4.28. The lowest BCUT2D eigenvalue weighted by Crippen LogP contribution is -2.24. The van der Waals surface area contributed by atoms with E-state index >= 15 is 0 Å². The Kier molecular flexibility index (Phi) is 12.9. The van der Waals surface area contributed by atoms with Crippen molar-refractivity contribution in [2.45, 2.75) is 55.4 Å². The van der Waals surface area contributed by atoms with Crippen molar-refractivity contribution in [3.05, 3.63) is 35.7 Å². The second-order valence-electron chi connectivity index (χ2n) is 8.21. The highest BCUT2D eigenvalue weighted by atomic mass is 32.2. The lowest BCUT2D eigenvalue weighted by molar-refractivity contribution is 0.461. The smallest absolute Gasteiger partial charge is 0.344 e. The van der Waals surface area contributed by atoms with Gasteiger partial charge in [0.2, 0.25) is 0 Å². The summed E-state index contributed by atoms with van der Waals surface area (Å²) in [5.41, 5.74) is 1.50. The number of nitrogens with one attached hydrogen (secondary N) is 1. The van der Waals surface area contributed by atoms with Gasteiger partial charge in [0.05, 0.1) is 12.1 Å². The first-order chi connectivity index (χ1) is 17.8. The van der Waals surface area contributed by atoms with Crippen LogP contribution in [0.2, 0.25) is 0 Å². The average Bonchev–Trinajstić information content (AvgIpc) is 2.91. The van der Waals surface area contributed by atoms with Gasteiger partial charge in [0.15, 0.2) is 0 Å². The van der Waals surface area contributed by atoms with Crippen LogP contribution in [0.3, 0.4) is 0 Å². The van der Waals surface area contributed by atoms with Crippen LogP contribution >= 0.6 is 0 Å². The van der Waals surface area contributed by atoms with Crippen LogP contribution in [0.5, 0.6) is 0 Å². The highest BCUT2D eigenvalue weighted by molar-refractivity contribution is 7.90. The zero-order valence-electron chi connectivity index (χ0n) is 21.5. The Balaban J connectivity index is 0.000000264.